The van der Waals surface area contributed by atoms with Crippen LogP contribution in [0.2, 0.25) is 0 Å². The second kappa shape index (κ2) is 7.36. The Morgan fingerprint density at radius 2 is 2.00 bits per heavy atom. The summed E-state index contributed by atoms with van der Waals surface area (Å²) in [5, 5.41) is 12.6. The molecule has 0 bridgehead atoms. The van der Waals surface area contributed by atoms with Crippen molar-refractivity contribution in [1.82, 2.24) is 19.8 Å². The van der Waals surface area contributed by atoms with Crippen LogP contribution >= 0.6 is 0 Å². The highest BCUT2D eigenvalue weighted by molar-refractivity contribution is 5.93. The number of carbonyl (C=O) groups is 1. The fourth-order valence-corrected chi connectivity index (χ4v) is 2.67. The predicted octanol–water partition coefficient (Wildman–Crippen LogP) is 1.71. The first-order valence-corrected chi connectivity index (χ1v) is 7.95. The quantitative estimate of drug-likeness (QED) is 0.663. The number of nitrogens with zero attached hydrogens (tertiary/aromatic N) is 4. The van der Waals surface area contributed by atoms with Crippen molar-refractivity contribution in [3.8, 4) is 16.9 Å². The first kappa shape index (κ1) is 17.6. The van der Waals surface area contributed by atoms with Crippen LogP contribution in [0.5, 0.6) is 5.75 Å². The molecular weight excluding hydrogens is 338 g/mol. The van der Waals surface area contributed by atoms with Gasteiger partial charge in [0, 0.05) is 12.7 Å². The Labute approximate surface area is 149 Å². The first-order valence-electron chi connectivity index (χ1n) is 7.95. The number of nitrogens with two attached hydrogens (primary N) is 1. The molecule has 0 aliphatic heterocycles. The number of rotatable bonds is 6. The highest BCUT2D eigenvalue weighted by atomic mass is 16.5. The van der Waals surface area contributed by atoms with Crippen LogP contribution < -0.4 is 10.5 Å². The number of ether oxygens (including phenoxy) is 3. The molecule has 0 saturated carbocycles. The van der Waals surface area contributed by atoms with E-state index in [4.69, 9.17) is 19.9 Å². The summed E-state index contributed by atoms with van der Waals surface area (Å²) in [5.41, 5.74) is 8.46. The molecule has 0 aliphatic carbocycles. The molecule has 0 fully saturated rings. The van der Waals surface area contributed by atoms with Crippen LogP contribution in [0.1, 0.15) is 23.1 Å². The Morgan fingerprint density at radius 3 is 2.69 bits per heavy atom. The summed E-state index contributed by atoms with van der Waals surface area (Å²) in [4.78, 5) is 12.0. The van der Waals surface area contributed by atoms with Gasteiger partial charge >= 0.3 is 5.97 Å². The average molecular weight is 357 g/mol. The van der Waals surface area contributed by atoms with E-state index in [0.29, 0.717) is 22.7 Å². The molecule has 0 spiro atoms. The Bertz CT molecular complexity index is 954. The lowest BCUT2D eigenvalue weighted by atomic mass is 10.0. The van der Waals surface area contributed by atoms with Crippen LogP contribution in [0.15, 0.2) is 24.3 Å². The van der Waals surface area contributed by atoms with Crippen LogP contribution in [-0.4, -0.2) is 46.6 Å². The Kier molecular flexibility index (Phi) is 4.99. The first-order chi connectivity index (χ1) is 12.6. The van der Waals surface area contributed by atoms with Gasteiger partial charge in [0.05, 0.1) is 31.6 Å². The van der Waals surface area contributed by atoms with Gasteiger partial charge in [0.25, 0.3) is 0 Å². The summed E-state index contributed by atoms with van der Waals surface area (Å²) in [6, 6.07) is 7.45. The minimum Gasteiger partial charge on any atom is -0.496 e. The summed E-state index contributed by atoms with van der Waals surface area (Å²) in [6.45, 7) is 2.13. The van der Waals surface area contributed by atoms with E-state index in [1.54, 1.807) is 21.1 Å². The van der Waals surface area contributed by atoms with Gasteiger partial charge in [-0.1, -0.05) is 18.2 Å². The van der Waals surface area contributed by atoms with E-state index in [1.165, 1.54) is 4.52 Å². The maximum Gasteiger partial charge on any atom is 0.362 e. The lowest BCUT2D eigenvalue weighted by molar-refractivity contribution is 0.0519. The number of hydrogen-bond donors (Lipinski definition) is 1. The molecular formula is C17H19N5O4. The zero-order valence-corrected chi connectivity index (χ0v) is 14.7. The molecule has 0 radical (unpaired) electrons. The molecule has 0 atom stereocenters. The van der Waals surface area contributed by atoms with Crippen LogP contribution in [0, 0.1) is 0 Å². The molecule has 3 aromatic rings. The topological polar surface area (TPSA) is 114 Å². The van der Waals surface area contributed by atoms with Crippen molar-refractivity contribution in [1.29, 1.82) is 0 Å². The molecule has 3 rings (SSSR count). The molecule has 0 aliphatic rings. The SMILES string of the molecule is CCOC(=O)c1nnc2c(-c3ccccc3OC)c(COC)nn2c1N. The number of carbonyl (C=O) groups excluding carboxylic acids is 1. The maximum atomic E-state index is 12.0. The molecule has 2 aromatic heterocycles. The zero-order valence-electron chi connectivity index (χ0n) is 14.7. The summed E-state index contributed by atoms with van der Waals surface area (Å²) < 4.78 is 17.0. The largest absolute Gasteiger partial charge is 0.496 e. The van der Waals surface area contributed by atoms with Gasteiger partial charge in [-0.3, -0.25) is 0 Å². The molecule has 2 heterocycles. The number of benzene rings is 1. The lowest BCUT2D eigenvalue weighted by Gasteiger charge is -2.08. The number of aromatic nitrogens is 4. The number of fused-ring (bicyclic) bond motifs is 1. The second-order valence-electron chi connectivity index (χ2n) is 5.34. The van der Waals surface area contributed by atoms with Crippen LogP contribution in [0.4, 0.5) is 5.82 Å². The van der Waals surface area contributed by atoms with Crippen molar-refractivity contribution in [2.24, 2.45) is 0 Å². The van der Waals surface area contributed by atoms with Crippen molar-refractivity contribution in [2.45, 2.75) is 13.5 Å². The third-order valence-electron chi connectivity index (χ3n) is 3.78. The number of anilines is 1. The molecule has 2 N–H and O–H groups in total. The van der Waals surface area contributed by atoms with E-state index in [1.807, 2.05) is 24.3 Å². The van der Waals surface area contributed by atoms with Crippen molar-refractivity contribution in [3.05, 3.63) is 35.7 Å². The van der Waals surface area contributed by atoms with E-state index in [2.05, 4.69) is 15.3 Å². The van der Waals surface area contributed by atoms with Gasteiger partial charge in [-0.2, -0.15) is 9.61 Å². The number of esters is 1. The molecule has 0 saturated heterocycles. The van der Waals surface area contributed by atoms with Gasteiger partial charge in [-0.05, 0) is 13.0 Å². The van der Waals surface area contributed by atoms with Gasteiger partial charge in [-0.25, -0.2) is 4.79 Å². The fourth-order valence-electron chi connectivity index (χ4n) is 2.67. The molecule has 0 amide bonds. The highest BCUT2D eigenvalue weighted by Crippen LogP contribution is 2.35. The molecule has 0 unspecified atom stereocenters. The van der Waals surface area contributed by atoms with Gasteiger partial charge < -0.3 is 19.9 Å². The minimum absolute atomic E-state index is 0.0481. The smallest absolute Gasteiger partial charge is 0.362 e. The lowest BCUT2D eigenvalue weighted by Crippen LogP contribution is -2.15. The summed E-state index contributed by atoms with van der Waals surface area (Å²) >= 11 is 0. The average Bonchev–Trinajstić information content (AvgIpc) is 3.01. The molecule has 9 heteroatoms. The number of nitrogen functional groups attached to an aromatic ring is 1. The third kappa shape index (κ3) is 2.93. The highest BCUT2D eigenvalue weighted by Gasteiger charge is 2.24. The van der Waals surface area contributed by atoms with E-state index >= 15 is 0 Å². The molecule has 1 aromatic carbocycles. The Morgan fingerprint density at radius 1 is 1.23 bits per heavy atom. The van der Waals surface area contributed by atoms with Crippen molar-refractivity contribution < 1.29 is 19.0 Å². The molecule has 136 valence electrons. The van der Waals surface area contributed by atoms with Crippen LogP contribution in [0.25, 0.3) is 16.8 Å². The summed E-state index contributed by atoms with van der Waals surface area (Å²) in [6.07, 6.45) is 0. The third-order valence-corrected chi connectivity index (χ3v) is 3.78. The van der Waals surface area contributed by atoms with Crippen LogP contribution in [0.3, 0.4) is 0 Å². The van der Waals surface area contributed by atoms with Gasteiger partial charge in [0.15, 0.2) is 11.5 Å². The number of methoxy groups -OCH3 is 2. The van der Waals surface area contributed by atoms with Crippen LogP contribution in [-0.2, 0) is 16.1 Å². The van der Waals surface area contributed by atoms with Crippen molar-refractivity contribution in [2.75, 3.05) is 26.6 Å². The van der Waals surface area contributed by atoms with E-state index in [9.17, 15) is 4.79 Å². The van der Waals surface area contributed by atoms with Crippen molar-refractivity contribution >= 4 is 17.4 Å². The monoisotopic (exact) mass is 357 g/mol. The zero-order chi connectivity index (χ0) is 18.7. The normalized spacial score (nSPS) is 10.9. The maximum absolute atomic E-state index is 12.0. The van der Waals surface area contributed by atoms with Gasteiger partial charge in [0.2, 0.25) is 5.69 Å². The van der Waals surface area contributed by atoms with E-state index in [-0.39, 0.29) is 24.7 Å². The Balaban J connectivity index is 2.27. The van der Waals surface area contributed by atoms with E-state index in [0.717, 1.165) is 5.56 Å². The fraction of sp³-hybridized carbons (Fsp3) is 0.294. The second-order valence-corrected chi connectivity index (χ2v) is 5.34. The predicted molar refractivity (Wildman–Crippen MR) is 93.9 cm³/mol. The number of hydrogen-bond acceptors (Lipinski definition) is 8. The molecule has 26 heavy (non-hydrogen) atoms. The van der Waals surface area contributed by atoms with Gasteiger partial charge in [0.1, 0.15) is 5.75 Å². The summed E-state index contributed by atoms with van der Waals surface area (Å²) in [7, 11) is 3.15. The standard InChI is InChI=1S/C17H19N5O4/c1-4-26-17(23)14-15(18)22-16(20-19-14)13(11(21-22)9-24-2)10-7-5-6-8-12(10)25-3/h5-8H,4,9,18H2,1-3H3. The van der Waals surface area contributed by atoms with Crippen molar-refractivity contribution in [3.63, 3.8) is 0 Å². The minimum atomic E-state index is -0.651. The molecule has 9 nitrogen and oxygen atoms in total. The number of para-hydroxylation sites is 1. The van der Waals surface area contributed by atoms with Gasteiger partial charge in [-0.15, -0.1) is 10.2 Å². The summed E-state index contributed by atoms with van der Waals surface area (Å²) in [5.74, 6) is 0.0450. The van der Waals surface area contributed by atoms with E-state index < -0.39 is 5.97 Å². The Hall–Kier alpha value is -3.20.